The van der Waals surface area contributed by atoms with Crippen LogP contribution in [0.2, 0.25) is 0 Å². The van der Waals surface area contributed by atoms with Crippen molar-refractivity contribution in [3.8, 4) is 5.69 Å². The van der Waals surface area contributed by atoms with Gasteiger partial charge < -0.3 is 9.64 Å². The number of amides is 2. The van der Waals surface area contributed by atoms with Crippen molar-refractivity contribution in [3.63, 3.8) is 0 Å². The molecule has 0 bridgehead atoms. The van der Waals surface area contributed by atoms with E-state index in [4.69, 9.17) is 4.74 Å². The van der Waals surface area contributed by atoms with Gasteiger partial charge in [0.1, 0.15) is 0 Å². The van der Waals surface area contributed by atoms with E-state index in [1.807, 2.05) is 57.3 Å². The number of aromatic nitrogens is 2. The number of nitrogens with zero attached hydrogens (tertiary/aromatic N) is 3. The van der Waals surface area contributed by atoms with E-state index in [1.165, 1.54) is 0 Å². The number of anilines is 1. The number of ether oxygens (including phenoxy) is 1. The molecule has 0 radical (unpaired) electrons. The zero-order valence-electron chi connectivity index (χ0n) is 13.7. The maximum absolute atomic E-state index is 12.5. The van der Waals surface area contributed by atoms with Crippen molar-refractivity contribution in [2.45, 2.75) is 33.0 Å². The average molecular weight is 314 g/mol. The van der Waals surface area contributed by atoms with Crippen LogP contribution in [0.3, 0.4) is 0 Å². The van der Waals surface area contributed by atoms with E-state index < -0.39 is 0 Å². The SMILES string of the molecule is Cc1cn(-c2ccccc2)nc1NC(=O)N1C[C@H](C)O[C@@H](C)C1. The van der Waals surface area contributed by atoms with Gasteiger partial charge in [-0.25, -0.2) is 9.48 Å². The van der Waals surface area contributed by atoms with Crippen LogP contribution in [0.5, 0.6) is 0 Å². The first kappa shape index (κ1) is 15.6. The lowest BCUT2D eigenvalue weighted by atomic mass is 10.2. The molecule has 0 aliphatic carbocycles. The molecular formula is C17H22N4O2. The van der Waals surface area contributed by atoms with Crippen LogP contribution in [0.4, 0.5) is 10.6 Å². The molecule has 2 aromatic rings. The number of hydrogen-bond acceptors (Lipinski definition) is 3. The molecule has 2 atom stereocenters. The lowest BCUT2D eigenvalue weighted by molar-refractivity contribution is -0.0530. The van der Waals surface area contributed by atoms with E-state index in [2.05, 4.69) is 10.4 Å². The molecule has 0 spiro atoms. The average Bonchev–Trinajstić information content (AvgIpc) is 2.88. The molecule has 1 aromatic heterocycles. The highest BCUT2D eigenvalue weighted by atomic mass is 16.5. The smallest absolute Gasteiger partial charge is 0.323 e. The number of morpholine rings is 1. The number of nitrogens with one attached hydrogen (secondary N) is 1. The van der Waals surface area contributed by atoms with Gasteiger partial charge >= 0.3 is 6.03 Å². The van der Waals surface area contributed by atoms with E-state index in [1.54, 1.807) is 9.58 Å². The van der Waals surface area contributed by atoms with Gasteiger partial charge in [-0.05, 0) is 32.9 Å². The quantitative estimate of drug-likeness (QED) is 0.927. The van der Waals surface area contributed by atoms with Crippen LogP contribution < -0.4 is 5.32 Å². The van der Waals surface area contributed by atoms with Gasteiger partial charge in [0.15, 0.2) is 5.82 Å². The van der Waals surface area contributed by atoms with Crippen LogP contribution in [-0.2, 0) is 4.74 Å². The summed E-state index contributed by atoms with van der Waals surface area (Å²) in [4.78, 5) is 14.2. The Hall–Kier alpha value is -2.34. The van der Waals surface area contributed by atoms with Crippen molar-refractivity contribution in [2.75, 3.05) is 18.4 Å². The van der Waals surface area contributed by atoms with Crippen molar-refractivity contribution in [1.82, 2.24) is 14.7 Å². The minimum absolute atomic E-state index is 0.0486. The second-order valence-corrected chi connectivity index (χ2v) is 6.03. The summed E-state index contributed by atoms with van der Waals surface area (Å²) in [5.74, 6) is 0.589. The zero-order valence-corrected chi connectivity index (χ0v) is 13.7. The maximum atomic E-state index is 12.5. The lowest BCUT2D eigenvalue weighted by Crippen LogP contribution is -2.49. The van der Waals surface area contributed by atoms with Gasteiger partial charge in [0.25, 0.3) is 0 Å². The van der Waals surface area contributed by atoms with Crippen LogP contribution in [0.25, 0.3) is 5.69 Å². The largest absolute Gasteiger partial charge is 0.372 e. The Morgan fingerprint density at radius 3 is 2.52 bits per heavy atom. The molecule has 0 unspecified atom stereocenters. The molecule has 23 heavy (non-hydrogen) atoms. The van der Waals surface area contributed by atoms with Crippen LogP contribution in [-0.4, -0.2) is 46.0 Å². The van der Waals surface area contributed by atoms with Gasteiger partial charge in [-0.15, -0.1) is 5.10 Å². The monoisotopic (exact) mass is 314 g/mol. The number of carbonyl (C=O) groups is 1. The number of urea groups is 1. The van der Waals surface area contributed by atoms with Crippen LogP contribution in [0, 0.1) is 6.92 Å². The molecule has 6 heteroatoms. The van der Waals surface area contributed by atoms with E-state index in [-0.39, 0.29) is 18.2 Å². The molecular weight excluding hydrogens is 292 g/mol. The Bertz CT molecular complexity index is 673. The number of aryl methyl sites for hydroxylation is 1. The molecule has 2 amide bonds. The summed E-state index contributed by atoms with van der Waals surface area (Å²) in [6.45, 7) is 7.08. The third-order valence-electron chi connectivity index (χ3n) is 3.85. The Labute approximate surface area is 136 Å². The summed E-state index contributed by atoms with van der Waals surface area (Å²) in [5.41, 5.74) is 1.89. The van der Waals surface area contributed by atoms with E-state index in [9.17, 15) is 4.79 Å². The fourth-order valence-corrected chi connectivity index (χ4v) is 2.82. The van der Waals surface area contributed by atoms with E-state index >= 15 is 0 Å². The topological polar surface area (TPSA) is 59.4 Å². The second kappa shape index (κ2) is 6.42. The van der Waals surface area contributed by atoms with Crippen molar-refractivity contribution in [2.24, 2.45) is 0 Å². The summed E-state index contributed by atoms with van der Waals surface area (Å²) in [6.07, 6.45) is 2.01. The standard InChI is InChI=1S/C17H22N4O2/c1-12-9-21(15-7-5-4-6-8-15)19-16(12)18-17(22)20-10-13(2)23-14(3)11-20/h4-9,13-14H,10-11H2,1-3H3,(H,18,19,22)/t13-,14-/m0/s1. The molecule has 1 aromatic carbocycles. The zero-order chi connectivity index (χ0) is 16.4. The molecule has 1 aliphatic heterocycles. The van der Waals surface area contributed by atoms with Crippen molar-refractivity contribution >= 4 is 11.8 Å². The first-order valence-corrected chi connectivity index (χ1v) is 7.86. The minimum Gasteiger partial charge on any atom is -0.372 e. The Morgan fingerprint density at radius 1 is 1.22 bits per heavy atom. The minimum atomic E-state index is -0.131. The third-order valence-corrected chi connectivity index (χ3v) is 3.85. The molecule has 1 saturated heterocycles. The summed E-state index contributed by atoms with van der Waals surface area (Å²) < 4.78 is 7.43. The molecule has 6 nitrogen and oxygen atoms in total. The Balaban J connectivity index is 1.73. The highest BCUT2D eigenvalue weighted by Crippen LogP contribution is 2.17. The molecule has 122 valence electrons. The maximum Gasteiger partial charge on any atom is 0.323 e. The normalized spacial score (nSPS) is 21.3. The molecule has 1 N–H and O–H groups in total. The molecule has 0 saturated carbocycles. The fraction of sp³-hybridized carbons (Fsp3) is 0.412. The van der Waals surface area contributed by atoms with E-state index in [0.29, 0.717) is 18.9 Å². The first-order valence-electron chi connectivity index (χ1n) is 7.86. The highest BCUT2D eigenvalue weighted by molar-refractivity contribution is 5.89. The number of hydrogen-bond donors (Lipinski definition) is 1. The van der Waals surface area contributed by atoms with Crippen LogP contribution >= 0.6 is 0 Å². The summed E-state index contributed by atoms with van der Waals surface area (Å²) in [7, 11) is 0. The predicted molar refractivity (Wildman–Crippen MR) is 88.9 cm³/mol. The third kappa shape index (κ3) is 3.53. The fourth-order valence-electron chi connectivity index (χ4n) is 2.82. The summed E-state index contributed by atoms with van der Waals surface area (Å²) in [5, 5.41) is 7.39. The van der Waals surface area contributed by atoms with Crippen LogP contribution in [0.15, 0.2) is 36.5 Å². The van der Waals surface area contributed by atoms with Gasteiger partial charge in [0.2, 0.25) is 0 Å². The predicted octanol–water partition coefficient (Wildman–Crippen LogP) is 2.82. The van der Waals surface area contributed by atoms with Gasteiger partial charge in [-0.3, -0.25) is 5.32 Å². The van der Waals surface area contributed by atoms with Crippen molar-refractivity contribution < 1.29 is 9.53 Å². The van der Waals surface area contributed by atoms with E-state index in [0.717, 1.165) is 11.3 Å². The van der Waals surface area contributed by atoms with Gasteiger partial charge in [0.05, 0.1) is 17.9 Å². The molecule has 3 rings (SSSR count). The number of carbonyl (C=O) groups excluding carboxylic acids is 1. The number of para-hydroxylation sites is 1. The molecule has 2 heterocycles. The number of rotatable bonds is 2. The first-order chi connectivity index (χ1) is 11.0. The van der Waals surface area contributed by atoms with Crippen molar-refractivity contribution in [3.05, 3.63) is 42.1 Å². The lowest BCUT2D eigenvalue weighted by Gasteiger charge is -2.35. The van der Waals surface area contributed by atoms with Gasteiger partial charge in [-0.1, -0.05) is 18.2 Å². The molecule has 1 aliphatic rings. The second-order valence-electron chi connectivity index (χ2n) is 6.03. The van der Waals surface area contributed by atoms with Gasteiger partial charge in [0, 0.05) is 24.8 Å². The van der Waals surface area contributed by atoms with Crippen LogP contribution in [0.1, 0.15) is 19.4 Å². The highest BCUT2D eigenvalue weighted by Gasteiger charge is 2.26. The number of benzene rings is 1. The Kier molecular flexibility index (Phi) is 4.34. The summed E-state index contributed by atoms with van der Waals surface area (Å²) in [6, 6.07) is 9.70. The molecule has 1 fully saturated rings. The Morgan fingerprint density at radius 2 is 1.87 bits per heavy atom. The van der Waals surface area contributed by atoms with Gasteiger partial charge in [-0.2, -0.15) is 0 Å². The summed E-state index contributed by atoms with van der Waals surface area (Å²) >= 11 is 0. The van der Waals surface area contributed by atoms with Crippen molar-refractivity contribution in [1.29, 1.82) is 0 Å².